The Kier molecular flexibility index (Phi) is 7.20. The number of nitrogens with two attached hydrogens (primary N) is 1. The maximum Gasteiger partial charge on any atom is 0.303 e. The van der Waals surface area contributed by atoms with Crippen molar-refractivity contribution in [2.24, 2.45) is 5.73 Å². The molecule has 186 valence electrons. The van der Waals surface area contributed by atoms with E-state index in [1.165, 1.54) is 12.1 Å². The standard InChI is InChI=1S/C25H28FN3O6/c26-20-5-4-16(13-28-8-10-34-11-9-28)12-17(20)15-35-22-3-1-2-18-19(22)14-29(25(18)33)21(24(27)32)6-7-23(30)31/h1-5,12,21H,6-11,13-15H2,(H2,27,32)(H,30,31)/t21-/m1/s1/i21D. The highest BCUT2D eigenvalue weighted by atomic mass is 19.1. The molecule has 3 N–H and O–H groups in total. The molecule has 0 aliphatic carbocycles. The maximum atomic E-state index is 14.5. The zero-order valence-electron chi connectivity index (χ0n) is 20.2. The summed E-state index contributed by atoms with van der Waals surface area (Å²) in [5.74, 6) is -3.05. The van der Waals surface area contributed by atoms with Crippen molar-refractivity contribution in [3.8, 4) is 5.75 Å². The van der Waals surface area contributed by atoms with Crippen LogP contribution in [0.25, 0.3) is 0 Å². The van der Waals surface area contributed by atoms with E-state index in [1.54, 1.807) is 24.3 Å². The normalized spacial score (nSPS) is 18.0. The number of primary amides is 1. The van der Waals surface area contributed by atoms with Gasteiger partial charge in [-0.25, -0.2) is 4.39 Å². The monoisotopic (exact) mass is 486 g/mol. The van der Waals surface area contributed by atoms with Crippen LogP contribution in [0.15, 0.2) is 36.4 Å². The fourth-order valence-electron chi connectivity index (χ4n) is 4.28. The molecule has 0 bridgehead atoms. The van der Waals surface area contributed by atoms with Gasteiger partial charge in [0.1, 0.15) is 24.2 Å². The molecule has 2 aliphatic heterocycles. The summed E-state index contributed by atoms with van der Waals surface area (Å²) in [6.07, 6.45) is -0.954. The van der Waals surface area contributed by atoms with E-state index in [0.717, 1.165) is 23.6 Å². The molecule has 0 aromatic heterocycles. The summed E-state index contributed by atoms with van der Waals surface area (Å²) in [5.41, 5.74) is 7.36. The second-order valence-electron chi connectivity index (χ2n) is 8.48. The molecular weight excluding hydrogens is 457 g/mol. The number of morpholine rings is 1. The summed E-state index contributed by atoms with van der Waals surface area (Å²) >= 11 is 0. The van der Waals surface area contributed by atoms with Gasteiger partial charge in [0.2, 0.25) is 5.91 Å². The fraction of sp³-hybridized carbons (Fsp3) is 0.400. The number of aliphatic carboxylic acids is 1. The molecular formula is C25H28FN3O6. The van der Waals surface area contributed by atoms with E-state index < -0.39 is 42.5 Å². The Balaban J connectivity index is 1.50. The van der Waals surface area contributed by atoms with Crippen molar-refractivity contribution >= 4 is 17.8 Å². The lowest BCUT2D eigenvalue weighted by molar-refractivity contribution is -0.137. The van der Waals surface area contributed by atoms with Gasteiger partial charge in [-0.2, -0.15) is 0 Å². The van der Waals surface area contributed by atoms with Crippen LogP contribution in [0.3, 0.4) is 0 Å². The highest BCUT2D eigenvalue weighted by molar-refractivity contribution is 6.01. The van der Waals surface area contributed by atoms with Crippen molar-refractivity contribution in [3.05, 3.63) is 64.5 Å². The van der Waals surface area contributed by atoms with Gasteiger partial charge >= 0.3 is 5.97 Å². The van der Waals surface area contributed by atoms with E-state index in [9.17, 15) is 18.8 Å². The molecule has 2 aliphatic rings. The predicted octanol–water partition coefficient (Wildman–Crippen LogP) is 1.91. The van der Waals surface area contributed by atoms with Gasteiger partial charge in [-0.1, -0.05) is 12.1 Å². The van der Waals surface area contributed by atoms with Gasteiger partial charge in [0.15, 0.2) is 0 Å². The molecule has 35 heavy (non-hydrogen) atoms. The van der Waals surface area contributed by atoms with Crippen LogP contribution in [-0.4, -0.2) is 65.0 Å². The van der Waals surface area contributed by atoms with Crippen molar-refractivity contribution < 1.29 is 34.7 Å². The molecule has 1 fully saturated rings. The number of benzene rings is 2. The first-order valence-corrected chi connectivity index (χ1v) is 11.3. The van der Waals surface area contributed by atoms with Gasteiger partial charge < -0.3 is 25.2 Å². The maximum absolute atomic E-state index is 14.5. The fourth-order valence-corrected chi connectivity index (χ4v) is 4.28. The van der Waals surface area contributed by atoms with Crippen LogP contribution in [0, 0.1) is 5.82 Å². The van der Waals surface area contributed by atoms with Crippen molar-refractivity contribution in [2.75, 3.05) is 26.3 Å². The topological polar surface area (TPSA) is 122 Å². The van der Waals surface area contributed by atoms with Gasteiger partial charge in [0.05, 0.1) is 21.1 Å². The van der Waals surface area contributed by atoms with Gasteiger partial charge in [0.25, 0.3) is 5.91 Å². The average molecular weight is 487 g/mol. The molecule has 0 unspecified atom stereocenters. The van der Waals surface area contributed by atoms with Crippen LogP contribution in [-0.2, 0) is 34.0 Å². The molecule has 0 radical (unpaired) electrons. The number of hydrogen-bond acceptors (Lipinski definition) is 6. The van der Waals surface area contributed by atoms with E-state index in [2.05, 4.69) is 4.90 Å². The molecule has 0 saturated carbocycles. The highest BCUT2D eigenvalue weighted by Gasteiger charge is 2.37. The van der Waals surface area contributed by atoms with Crippen LogP contribution < -0.4 is 10.5 Å². The van der Waals surface area contributed by atoms with Crippen molar-refractivity contribution in [1.82, 2.24) is 9.80 Å². The Labute approximate surface area is 203 Å². The quantitative estimate of drug-likeness (QED) is 0.526. The van der Waals surface area contributed by atoms with Gasteiger partial charge in [-0.05, 0) is 36.2 Å². The van der Waals surface area contributed by atoms with E-state index >= 15 is 0 Å². The second-order valence-corrected chi connectivity index (χ2v) is 8.48. The minimum Gasteiger partial charge on any atom is -0.488 e. The van der Waals surface area contributed by atoms with E-state index in [-0.39, 0.29) is 18.7 Å². The number of ether oxygens (including phenoxy) is 2. The molecule has 2 amide bonds. The number of amides is 2. The number of carbonyl (C=O) groups is 3. The Bertz CT molecular complexity index is 1170. The summed E-state index contributed by atoms with van der Waals surface area (Å²) < 4.78 is 34.3. The van der Waals surface area contributed by atoms with Crippen molar-refractivity contribution in [2.45, 2.75) is 38.6 Å². The molecule has 1 saturated heterocycles. The third-order valence-electron chi connectivity index (χ3n) is 6.11. The number of carboxylic acids is 1. The molecule has 2 aromatic carbocycles. The van der Waals surface area contributed by atoms with Crippen molar-refractivity contribution in [1.29, 1.82) is 0 Å². The predicted molar refractivity (Wildman–Crippen MR) is 123 cm³/mol. The second kappa shape index (κ2) is 10.8. The Morgan fingerprint density at radius 2 is 2.03 bits per heavy atom. The van der Waals surface area contributed by atoms with E-state index in [1.807, 2.05) is 0 Å². The lowest BCUT2D eigenvalue weighted by Crippen LogP contribution is -2.45. The Hall–Kier alpha value is -3.50. The number of nitrogens with zero attached hydrogens (tertiary/aromatic N) is 2. The number of halogens is 1. The number of rotatable bonds is 10. The third kappa shape index (κ3) is 5.77. The number of hydrogen-bond donors (Lipinski definition) is 2. The first-order valence-electron chi connectivity index (χ1n) is 11.8. The summed E-state index contributed by atoms with van der Waals surface area (Å²) in [6, 6.07) is 7.41. The smallest absolute Gasteiger partial charge is 0.303 e. The summed E-state index contributed by atoms with van der Waals surface area (Å²) in [6.45, 7) is 3.35. The molecule has 4 rings (SSSR count). The van der Waals surface area contributed by atoms with Crippen LogP contribution in [0.2, 0.25) is 0 Å². The molecule has 1 atom stereocenters. The first kappa shape index (κ1) is 23.3. The molecule has 9 nitrogen and oxygen atoms in total. The number of carboxylic acid groups (broad SMARTS) is 1. The first-order chi connectivity index (χ1) is 17.2. The number of fused-ring (bicyclic) bond motifs is 1. The van der Waals surface area contributed by atoms with E-state index in [0.29, 0.717) is 36.6 Å². The van der Waals surface area contributed by atoms with Crippen molar-refractivity contribution in [3.63, 3.8) is 0 Å². The zero-order chi connectivity index (χ0) is 25.9. The minimum atomic E-state index is -2.23. The summed E-state index contributed by atoms with van der Waals surface area (Å²) in [4.78, 5) is 39.3. The molecule has 10 heteroatoms. The Morgan fingerprint density at radius 1 is 1.26 bits per heavy atom. The lowest BCUT2D eigenvalue weighted by atomic mass is 10.1. The zero-order valence-corrected chi connectivity index (χ0v) is 19.2. The minimum absolute atomic E-state index is 0.0890. The highest BCUT2D eigenvalue weighted by Crippen LogP contribution is 2.33. The van der Waals surface area contributed by atoms with Crippen LogP contribution in [0.1, 0.15) is 41.3 Å². The van der Waals surface area contributed by atoms with Crippen LogP contribution in [0.4, 0.5) is 4.39 Å². The average Bonchev–Trinajstić information content (AvgIpc) is 3.21. The Morgan fingerprint density at radius 3 is 2.74 bits per heavy atom. The molecule has 2 aromatic rings. The van der Waals surface area contributed by atoms with Crippen LogP contribution in [0.5, 0.6) is 5.75 Å². The molecule has 0 spiro atoms. The van der Waals surface area contributed by atoms with Gasteiger partial charge in [-0.3, -0.25) is 19.3 Å². The number of carbonyl (C=O) groups excluding carboxylic acids is 2. The largest absolute Gasteiger partial charge is 0.488 e. The molecule has 2 heterocycles. The van der Waals surface area contributed by atoms with Gasteiger partial charge in [0, 0.05) is 42.7 Å². The third-order valence-corrected chi connectivity index (χ3v) is 6.11. The summed E-state index contributed by atoms with van der Waals surface area (Å²) in [5, 5.41) is 9.00. The van der Waals surface area contributed by atoms with E-state index in [4.69, 9.17) is 21.7 Å². The lowest BCUT2D eigenvalue weighted by Gasteiger charge is -2.26. The summed E-state index contributed by atoms with van der Waals surface area (Å²) in [7, 11) is 0. The van der Waals surface area contributed by atoms with Crippen LogP contribution >= 0.6 is 0 Å². The van der Waals surface area contributed by atoms with Gasteiger partial charge in [-0.15, -0.1) is 0 Å². The SMILES string of the molecule is [2H][C@@](CCC(=O)O)(C(N)=O)N1Cc2c(OCc3cc(CN4CCOCC4)ccc3F)cccc2C1=O.